The van der Waals surface area contributed by atoms with Crippen LogP contribution >= 0.6 is 15.2 Å². The maximum atomic E-state index is 11.6. The van der Waals surface area contributed by atoms with Crippen LogP contribution in [0.4, 0.5) is 0 Å². The first kappa shape index (κ1) is 21.2. The van der Waals surface area contributed by atoms with Gasteiger partial charge in [-0.05, 0) is 6.42 Å². The van der Waals surface area contributed by atoms with Crippen molar-refractivity contribution in [2.45, 2.75) is 37.4 Å². The SMILES string of the molecule is C=CC(N(C(CCC)C(=O)O)C(C=C)P(=O)(O)O)P(=O)(O)O. The zero-order valence-electron chi connectivity index (χ0n) is 12.0. The number of rotatable bonds is 10. The highest BCUT2D eigenvalue weighted by atomic mass is 31.2. The van der Waals surface area contributed by atoms with Crippen molar-refractivity contribution in [3.63, 3.8) is 0 Å². The minimum atomic E-state index is -4.93. The molecule has 0 aromatic rings. The number of aliphatic carboxylic acids is 1. The van der Waals surface area contributed by atoms with Crippen LogP contribution in [0, 0.1) is 0 Å². The first-order valence-electron chi connectivity index (χ1n) is 6.27. The quantitative estimate of drug-likeness (QED) is 0.283. The topological polar surface area (TPSA) is 156 Å². The van der Waals surface area contributed by atoms with Crippen LogP contribution in [0.5, 0.6) is 0 Å². The molecule has 3 atom stereocenters. The molecule has 0 aliphatic heterocycles. The van der Waals surface area contributed by atoms with Gasteiger partial charge in [0.25, 0.3) is 0 Å². The summed E-state index contributed by atoms with van der Waals surface area (Å²) in [7, 11) is -9.86. The van der Waals surface area contributed by atoms with Crippen LogP contribution in [0.2, 0.25) is 0 Å². The van der Waals surface area contributed by atoms with E-state index >= 15 is 0 Å². The normalized spacial score (nSPS) is 16.8. The number of hydrogen-bond acceptors (Lipinski definition) is 4. The Morgan fingerprint density at radius 1 is 1.09 bits per heavy atom. The highest BCUT2D eigenvalue weighted by molar-refractivity contribution is 7.53. The van der Waals surface area contributed by atoms with E-state index in [9.17, 15) is 38.6 Å². The van der Waals surface area contributed by atoms with Crippen LogP contribution in [0.3, 0.4) is 0 Å². The van der Waals surface area contributed by atoms with Gasteiger partial charge in [-0.1, -0.05) is 25.5 Å². The van der Waals surface area contributed by atoms with Gasteiger partial charge >= 0.3 is 21.2 Å². The molecule has 0 amide bonds. The van der Waals surface area contributed by atoms with Crippen molar-refractivity contribution >= 4 is 21.2 Å². The second-order valence-electron chi connectivity index (χ2n) is 4.57. The van der Waals surface area contributed by atoms with E-state index in [0.717, 1.165) is 12.2 Å². The van der Waals surface area contributed by atoms with Crippen LogP contribution in [-0.2, 0) is 13.9 Å². The van der Waals surface area contributed by atoms with Gasteiger partial charge in [0.1, 0.15) is 17.6 Å². The number of carboxylic acids is 1. The van der Waals surface area contributed by atoms with Crippen LogP contribution in [0.25, 0.3) is 0 Å². The average molecular weight is 357 g/mol. The Morgan fingerprint density at radius 2 is 1.45 bits per heavy atom. The predicted octanol–water partition coefficient (Wildman–Crippen LogP) is 0.921. The van der Waals surface area contributed by atoms with Crippen molar-refractivity contribution in [2.75, 3.05) is 0 Å². The molecule has 11 heteroatoms. The van der Waals surface area contributed by atoms with Crippen molar-refractivity contribution < 1.29 is 38.6 Å². The Balaban J connectivity index is 6.22. The summed E-state index contributed by atoms with van der Waals surface area (Å²) < 4.78 is 23.2. The van der Waals surface area contributed by atoms with Crippen molar-refractivity contribution in [3.05, 3.63) is 25.3 Å². The second kappa shape index (κ2) is 8.17. The van der Waals surface area contributed by atoms with E-state index in [0.29, 0.717) is 11.3 Å². The molecule has 0 saturated carbocycles. The van der Waals surface area contributed by atoms with Gasteiger partial charge in [-0.15, -0.1) is 13.2 Å². The van der Waals surface area contributed by atoms with Crippen molar-refractivity contribution in [1.82, 2.24) is 4.90 Å². The summed E-state index contributed by atoms with van der Waals surface area (Å²) in [6.45, 7) is 8.10. The lowest BCUT2D eigenvalue weighted by Crippen LogP contribution is -2.51. The summed E-state index contributed by atoms with van der Waals surface area (Å²) in [5.74, 6) is -5.19. The van der Waals surface area contributed by atoms with Crippen molar-refractivity contribution in [2.24, 2.45) is 0 Å². The lowest BCUT2D eigenvalue weighted by Gasteiger charge is -2.39. The van der Waals surface area contributed by atoms with E-state index in [2.05, 4.69) is 13.2 Å². The maximum absolute atomic E-state index is 11.6. The van der Waals surface area contributed by atoms with Gasteiger partial charge in [-0.2, -0.15) is 0 Å². The Morgan fingerprint density at radius 3 is 1.64 bits per heavy atom. The molecule has 22 heavy (non-hydrogen) atoms. The lowest BCUT2D eigenvalue weighted by molar-refractivity contribution is -0.143. The molecule has 9 nitrogen and oxygen atoms in total. The fraction of sp³-hybridized carbons (Fsp3) is 0.545. The monoisotopic (exact) mass is 357 g/mol. The van der Waals surface area contributed by atoms with E-state index in [4.69, 9.17) is 0 Å². The second-order valence-corrected chi connectivity index (χ2v) is 7.98. The molecule has 0 radical (unpaired) electrons. The Bertz CT molecular complexity index is 476. The van der Waals surface area contributed by atoms with Gasteiger partial charge in [0.15, 0.2) is 0 Å². The van der Waals surface area contributed by atoms with E-state index in [-0.39, 0.29) is 6.42 Å². The number of hydrogen-bond donors (Lipinski definition) is 5. The summed E-state index contributed by atoms with van der Waals surface area (Å²) in [4.78, 5) is 49.5. The van der Waals surface area contributed by atoms with E-state index in [1.54, 1.807) is 6.92 Å². The molecule has 0 spiro atoms. The van der Waals surface area contributed by atoms with Crippen LogP contribution in [-0.4, -0.2) is 53.2 Å². The largest absolute Gasteiger partial charge is 0.480 e. The fourth-order valence-electron chi connectivity index (χ4n) is 2.06. The molecule has 0 heterocycles. The molecule has 0 bridgehead atoms. The molecule has 0 aliphatic rings. The third kappa shape index (κ3) is 5.44. The van der Waals surface area contributed by atoms with Gasteiger partial charge in [0.05, 0.1) is 0 Å². The van der Waals surface area contributed by atoms with Gasteiger partial charge in [-0.25, -0.2) is 0 Å². The summed E-state index contributed by atoms with van der Waals surface area (Å²) in [5.41, 5.74) is 0. The van der Waals surface area contributed by atoms with Gasteiger partial charge in [0, 0.05) is 0 Å². The predicted molar refractivity (Wildman–Crippen MR) is 80.2 cm³/mol. The molecule has 0 aromatic heterocycles. The summed E-state index contributed by atoms with van der Waals surface area (Å²) in [6, 6.07) is -1.52. The fourth-order valence-corrected chi connectivity index (χ4v) is 4.02. The van der Waals surface area contributed by atoms with Crippen LogP contribution in [0.1, 0.15) is 19.8 Å². The highest BCUT2D eigenvalue weighted by Gasteiger charge is 2.46. The minimum Gasteiger partial charge on any atom is -0.480 e. The van der Waals surface area contributed by atoms with E-state index in [1.807, 2.05) is 0 Å². The number of carboxylic acid groups (broad SMARTS) is 1. The van der Waals surface area contributed by atoms with E-state index < -0.39 is 38.8 Å². The van der Waals surface area contributed by atoms with Crippen LogP contribution < -0.4 is 0 Å². The van der Waals surface area contributed by atoms with Gasteiger partial charge < -0.3 is 24.7 Å². The zero-order chi connectivity index (χ0) is 17.7. The lowest BCUT2D eigenvalue weighted by atomic mass is 10.1. The first-order valence-corrected chi connectivity index (χ1v) is 9.63. The molecule has 0 rings (SSSR count). The molecule has 0 fully saturated rings. The molecule has 0 saturated heterocycles. The Kier molecular flexibility index (Phi) is 7.88. The van der Waals surface area contributed by atoms with Gasteiger partial charge in [-0.3, -0.25) is 18.8 Å². The van der Waals surface area contributed by atoms with E-state index in [1.165, 1.54) is 0 Å². The smallest absolute Gasteiger partial charge is 0.346 e. The number of carbonyl (C=O) groups is 1. The molecule has 0 aliphatic carbocycles. The van der Waals surface area contributed by atoms with Crippen LogP contribution in [0.15, 0.2) is 25.3 Å². The summed E-state index contributed by atoms with van der Waals surface area (Å²) in [5, 5.41) is 9.28. The Labute approximate surface area is 128 Å². The summed E-state index contributed by atoms with van der Waals surface area (Å²) >= 11 is 0. The highest BCUT2D eigenvalue weighted by Crippen LogP contribution is 2.52. The third-order valence-corrected chi connectivity index (χ3v) is 5.26. The zero-order valence-corrected chi connectivity index (χ0v) is 13.8. The van der Waals surface area contributed by atoms with Gasteiger partial charge in [0.2, 0.25) is 0 Å². The molecule has 3 unspecified atom stereocenters. The Hall–Kier alpha value is -0.790. The third-order valence-electron chi connectivity index (χ3n) is 2.93. The first-order chi connectivity index (χ1) is 9.91. The standard InChI is InChI=1S/C11H21NO8P2/c1-4-7-8(11(13)14)12(9(5-2)21(15,16)17)10(6-3)22(18,19)20/h5-6,8-10H,2-4,7H2,1H3,(H,13,14)(H2,15,16,17)(H2,18,19,20). The van der Waals surface area contributed by atoms with Crippen molar-refractivity contribution in [3.8, 4) is 0 Å². The minimum absolute atomic E-state index is 0.0655. The molecule has 5 N–H and O–H groups in total. The molecular formula is C11H21NO8P2. The summed E-state index contributed by atoms with van der Waals surface area (Å²) in [6.07, 6.45) is 1.81. The van der Waals surface area contributed by atoms with Crippen molar-refractivity contribution in [1.29, 1.82) is 0 Å². The average Bonchev–Trinajstić information content (AvgIpc) is 2.32. The maximum Gasteiger partial charge on any atom is 0.346 e. The number of nitrogens with zero attached hydrogens (tertiary/aromatic N) is 1. The molecular weight excluding hydrogens is 336 g/mol. The molecule has 0 aromatic carbocycles. The molecule has 128 valence electrons.